The van der Waals surface area contributed by atoms with Crippen molar-refractivity contribution in [3.05, 3.63) is 65.0 Å². The summed E-state index contributed by atoms with van der Waals surface area (Å²) in [5.41, 5.74) is 3.47. The Balaban J connectivity index is 1.92. The van der Waals surface area contributed by atoms with Gasteiger partial charge in [-0.15, -0.1) is 0 Å². The number of halogens is 2. The molecule has 0 saturated heterocycles. The first-order valence-electron chi connectivity index (χ1n) is 5.89. The molecule has 18 heavy (non-hydrogen) atoms. The van der Waals surface area contributed by atoms with Crippen molar-refractivity contribution in [2.75, 3.05) is 6.61 Å². The zero-order valence-corrected chi connectivity index (χ0v) is 11.3. The fourth-order valence-electron chi connectivity index (χ4n) is 2.19. The molecule has 0 aliphatic carbocycles. The summed E-state index contributed by atoms with van der Waals surface area (Å²) < 4.78 is 18.4. The molecule has 0 spiro atoms. The Morgan fingerprint density at radius 3 is 2.56 bits per heavy atom. The molecule has 2 aromatic rings. The highest BCUT2D eigenvalue weighted by molar-refractivity contribution is 9.09. The lowest BCUT2D eigenvalue weighted by Crippen LogP contribution is -1.93. The van der Waals surface area contributed by atoms with Gasteiger partial charge in [0.2, 0.25) is 0 Å². The average Bonchev–Trinajstić information content (AvgIpc) is 2.86. The summed E-state index contributed by atoms with van der Waals surface area (Å²) >= 11 is 3.66. The van der Waals surface area contributed by atoms with Gasteiger partial charge in [-0.2, -0.15) is 0 Å². The Hall–Kier alpha value is -1.35. The van der Waals surface area contributed by atoms with Crippen molar-refractivity contribution in [2.24, 2.45) is 0 Å². The van der Waals surface area contributed by atoms with E-state index in [0.717, 1.165) is 24.3 Å². The summed E-state index contributed by atoms with van der Waals surface area (Å²) in [6.07, 6.45) is 0.965. The molecule has 0 amide bonds. The minimum absolute atomic E-state index is 0.0870. The van der Waals surface area contributed by atoms with E-state index >= 15 is 0 Å². The van der Waals surface area contributed by atoms with Gasteiger partial charge in [0.1, 0.15) is 11.6 Å². The second-order valence-corrected chi connectivity index (χ2v) is 5.30. The van der Waals surface area contributed by atoms with Gasteiger partial charge < -0.3 is 4.74 Å². The number of hydrogen-bond acceptors (Lipinski definition) is 1. The molecule has 1 heterocycles. The van der Waals surface area contributed by atoms with Gasteiger partial charge in [0.15, 0.2) is 0 Å². The molecule has 1 unspecified atom stereocenters. The van der Waals surface area contributed by atoms with E-state index in [0.29, 0.717) is 0 Å². The summed E-state index contributed by atoms with van der Waals surface area (Å²) in [6.45, 7) is 0.766. The monoisotopic (exact) mass is 306 g/mol. The highest BCUT2D eigenvalue weighted by Crippen LogP contribution is 2.35. The fraction of sp³-hybridized carbons (Fsp3) is 0.200. The topological polar surface area (TPSA) is 9.23 Å². The molecule has 0 fully saturated rings. The van der Waals surface area contributed by atoms with Crippen LogP contribution < -0.4 is 4.74 Å². The van der Waals surface area contributed by atoms with Gasteiger partial charge in [0.05, 0.1) is 11.4 Å². The van der Waals surface area contributed by atoms with Gasteiger partial charge in [-0.25, -0.2) is 4.39 Å². The molecule has 0 radical (unpaired) electrons. The molecule has 1 atom stereocenters. The van der Waals surface area contributed by atoms with E-state index in [1.54, 1.807) is 12.1 Å². The number of rotatable bonds is 2. The molecule has 0 bridgehead atoms. The summed E-state index contributed by atoms with van der Waals surface area (Å²) in [5, 5.41) is 0. The highest BCUT2D eigenvalue weighted by atomic mass is 79.9. The van der Waals surface area contributed by atoms with Gasteiger partial charge in [-0.1, -0.05) is 40.2 Å². The summed E-state index contributed by atoms with van der Waals surface area (Å²) in [5.74, 6) is 0.776. The molecule has 0 saturated carbocycles. The molecule has 3 heteroatoms. The van der Waals surface area contributed by atoms with Crippen LogP contribution >= 0.6 is 15.9 Å². The minimum atomic E-state index is -0.208. The zero-order chi connectivity index (χ0) is 12.5. The highest BCUT2D eigenvalue weighted by Gasteiger charge is 2.16. The number of hydrogen-bond donors (Lipinski definition) is 0. The first-order valence-corrected chi connectivity index (χ1v) is 6.81. The second-order valence-electron chi connectivity index (χ2n) is 4.38. The third-order valence-electron chi connectivity index (χ3n) is 3.17. The average molecular weight is 307 g/mol. The first kappa shape index (κ1) is 11.7. The molecule has 0 N–H and O–H groups in total. The largest absolute Gasteiger partial charge is 0.493 e. The normalized spacial score (nSPS) is 15.0. The molecule has 2 aromatic carbocycles. The quantitative estimate of drug-likeness (QED) is 0.754. The Morgan fingerprint density at radius 1 is 1.06 bits per heavy atom. The minimum Gasteiger partial charge on any atom is -0.493 e. The van der Waals surface area contributed by atoms with Gasteiger partial charge in [-0.05, 0) is 34.9 Å². The Kier molecular flexibility index (Phi) is 3.08. The second kappa shape index (κ2) is 4.73. The lowest BCUT2D eigenvalue weighted by molar-refractivity contribution is 0.357. The van der Waals surface area contributed by atoms with Crippen LogP contribution in [0.2, 0.25) is 0 Å². The van der Waals surface area contributed by atoms with Crippen molar-refractivity contribution >= 4 is 15.9 Å². The summed E-state index contributed by atoms with van der Waals surface area (Å²) in [4.78, 5) is 0.0870. The maximum Gasteiger partial charge on any atom is 0.123 e. The Labute approximate surface area is 114 Å². The molecule has 1 aliphatic heterocycles. The first-order chi connectivity index (χ1) is 8.74. The van der Waals surface area contributed by atoms with E-state index in [9.17, 15) is 4.39 Å². The van der Waals surface area contributed by atoms with Crippen LogP contribution in [-0.2, 0) is 6.42 Å². The third kappa shape index (κ3) is 2.15. The van der Waals surface area contributed by atoms with Crippen LogP contribution in [0.3, 0.4) is 0 Å². The van der Waals surface area contributed by atoms with Gasteiger partial charge in [0.25, 0.3) is 0 Å². The van der Waals surface area contributed by atoms with Crippen molar-refractivity contribution in [1.82, 2.24) is 0 Å². The fourth-order valence-corrected chi connectivity index (χ4v) is 2.78. The SMILES string of the molecule is Fc1ccc(C(Br)c2ccc3c(c2)CCO3)cc1. The number of benzene rings is 2. The van der Waals surface area contributed by atoms with Crippen LogP contribution in [0.1, 0.15) is 21.5 Å². The Morgan fingerprint density at radius 2 is 1.78 bits per heavy atom. The maximum absolute atomic E-state index is 12.9. The smallest absolute Gasteiger partial charge is 0.123 e. The van der Waals surface area contributed by atoms with Crippen LogP contribution in [0.4, 0.5) is 4.39 Å². The van der Waals surface area contributed by atoms with Gasteiger partial charge in [0, 0.05) is 6.42 Å². The van der Waals surface area contributed by atoms with Crippen molar-refractivity contribution < 1.29 is 9.13 Å². The van der Waals surface area contributed by atoms with E-state index < -0.39 is 0 Å². The van der Waals surface area contributed by atoms with E-state index in [2.05, 4.69) is 22.0 Å². The summed E-state index contributed by atoms with van der Waals surface area (Å²) in [7, 11) is 0. The maximum atomic E-state index is 12.9. The predicted molar refractivity (Wildman–Crippen MR) is 72.8 cm³/mol. The third-order valence-corrected chi connectivity index (χ3v) is 4.23. The van der Waals surface area contributed by atoms with E-state index in [-0.39, 0.29) is 10.6 Å². The molecule has 1 nitrogen and oxygen atoms in total. The zero-order valence-electron chi connectivity index (χ0n) is 9.70. The summed E-state index contributed by atoms with van der Waals surface area (Å²) in [6, 6.07) is 12.8. The van der Waals surface area contributed by atoms with E-state index in [1.807, 2.05) is 12.1 Å². The number of alkyl halides is 1. The van der Waals surface area contributed by atoms with Crippen molar-refractivity contribution in [3.63, 3.8) is 0 Å². The number of ether oxygens (including phenoxy) is 1. The van der Waals surface area contributed by atoms with Gasteiger partial charge in [-0.3, -0.25) is 0 Å². The molecule has 0 aromatic heterocycles. The number of fused-ring (bicyclic) bond motifs is 1. The van der Waals surface area contributed by atoms with Crippen LogP contribution in [-0.4, -0.2) is 6.61 Å². The Bertz CT molecular complexity index is 565. The predicted octanol–water partition coefficient (Wildman–Crippen LogP) is 4.24. The molecular formula is C15H12BrFO. The van der Waals surface area contributed by atoms with Crippen molar-refractivity contribution in [3.8, 4) is 5.75 Å². The molecule has 3 rings (SSSR count). The van der Waals surface area contributed by atoms with Crippen LogP contribution in [0.25, 0.3) is 0 Å². The van der Waals surface area contributed by atoms with Crippen LogP contribution in [0.5, 0.6) is 5.75 Å². The molecular weight excluding hydrogens is 295 g/mol. The van der Waals surface area contributed by atoms with Gasteiger partial charge >= 0.3 is 0 Å². The standard InChI is InChI=1S/C15H12BrFO/c16-15(10-1-4-13(17)5-2-10)12-3-6-14-11(9-12)7-8-18-14/h1-6,9,15H,7-8H2. The lowest BCUT2D eigenvalue weighted by atomic mass is 10.0. The van der Waals surface area contributed by atoms with Crippen molar-refractivity contribution in [2.45, 2.75) is 11.2 Å². The molecule has 1 aliphatic rings. The van der Waals surface area contributed by atoms with E-state index in [4.69, 9.17) is 4.74 Å². The van der Waals surface area contributed by atoms with Crippen LogP contribution in [0.15, 0.2) is 42.5 Å². The molecule has 92 valence electrons. The lowest BCUT2D eigenvalue weighted by Gasteiger charge is -2.12. The van der Waals surface area contributed by atoms with E-state index in [1.165, 1.54) is 23.3 Å². The van der Waals surface area contributed by atoms with Crippen LogP contribution in [0, 0.1) is 5.82 Å². The van der Waals surface area contributed by atoms with Crippen molar-refractivity contribution in [1.29, 1.82) is 0 Å².